The zero-order chi connectivity index (χ0) is 10.3. The quantitative estimate of drug-likeness (QED) is 0.549. The van der Waals surface area contributed by atoms with E-state index in [0.717, 1.165) is 21.7 Å². The van der Waals surface area contributed by atoms with Gasteiger partial charge in [0.2, 0.25) is 0 Å². The topological polar surface area (TPSA) is 32.9 Å². The molecular formula is C13H9NO. The number of pyridine rings is 1. The summed E-state index contributed by atoms with van der Waals surface area (Å²) in [5.74, 6) is 0. The van der Waals surface area contributed by atoms with Crippen LogP contribution in [-0.4, -0.2) is 4.98 Å². The van der Waals surface area contributed by atoms with Gasteiger partial charge in [0, 0.05) is 17.8 Å². The molecular weight excluding hydrogens is 186 g/mol. The number of hydrogen-bond acceptors (Lipinski definition) is 1. The largest absolute Gasteiger partial charge is 0.361 e. The number of hydrogen-bond donors (Lipinski definition) is 1. The number of benzene rings is 2. The fourth-order valence-corrected chi connectivity index (χ4v) is 1.95. The van der Waals surface area contributed by atoms with Crippen molar-refractivity contribution in [1.29, 1.82) is 0 Å². The average molecular weight is 195 g/mol. The number of nitrogens with one attached hydrogen (secondary N) is 1. The first kappa shape index (κ1) is 8.24. The van der Waals surface area contributed by atoms with E-state index in [1.54, 1.807) is 12.3 Å². The molecule has 0 radical (unpaired) electrons. The summed E-state index contributed by atoms with van der Waals surface area (Å²) in [6, 6.07) is 13.5. The number of aromatic amines is 1. The van der Waals surface area contributed by atoms with E-state index < -0.39 is 0 Å². The Balaban J connectivity index is 2.70. The molecule has 0 unspecified atom stereocenters. The van der Waals surface area contributed by atoms with Crippen LogP contribution in [0.25, 0.3) is 21.7 Å². The van der Waals surface area contributed by atoms with Crippen LogP contribution in [0.1, 0.15) is 0 Å². The third kappa shape index (κ3) is 1.15. The molecule has 0 atom stereocenters. The third-order valence-electron chi connectivity index (χ3n) is 2.65. The fraction of sp³-hybridized carbons (Fsp3) is 0. The molecule has 15 heavy (non-hydrogen) atoms. The van der Waals surface area contributed by atoms with Crippen LogP contribution in [0.2, 0.25) is 0 Å². The summed E-state index contributed by atoms with van der Waals surface area (Å²) < 4.78 is 0. The van der Waals surface area contributed by atoms with Gasteiger partial charge in [-0.3, -0.25) is 4.79 Å². The SMILES string of the molecule is O=c1cc[nH]c2ccc3ccccc3c12. The van der Waals surface area contributed by atoms with E-state index in [-0.39, 0.29) is 5.43 Å². The Morgan fingerprint density at radius 2 is 1.80 bits per heavy atom. The smallest absolute Gasteiger partial charge is 0.189 e. The minimum absolute atomic E-state index is 0.0700. The molecule has 72 valence electrons. The van der Waals surface area contributed by atoms with Gasteiger partial charge in [0.05, 0.1) is 5.39 Å². The second-order valence-corrected chi connectivity index (χ2v) is 3.55. The van der Waals surface area contributed by atoms with Crippen LogP contribution in [0.4, 0.5) is 0 Å². The Bertz CT molecular complexity index is 697. The van der Waals surface area contributed by atoms with Gasteiger partial charge >= 0.3 is 0 Å². The molecule has 0 aliphatic heterocycles. The van der Waals surface area contributed by atoms with Gasteiger partial charge in [-0.2, -0.15) is 0 Å². The molecule has 1 aromatic heterocycles. The van der Waals surface area contributed by atoms with Crippen LogP contribution < -0.4 is 5.43 Å². The predicted molar refractivity (Wildman–Crippen MR) is 62.1 cm³/mol. The Morgan fingerprint density at radius 1 is 0.933 bits per heavy atom. The average Bonchev–Trinajstić information content (AvgIpc) is 2.29. The maximum atomic E-state index is 11.8. The molecule has 0 amide bonds. The van der Waals surface area contributed by atoms with Crippen molar-refractivity contribution in [3.63, 3.8) is 0 Å². The standard InChI is InChI=1S/C13H9NO/c15-12-7-8-14-11-6-5-9-3-1-2-4-10(9)13(11)12/h1-8H,(H,14,15). The zero-order valence-electron chi connectivity index (χ0n) is 8.03. The lowest BCUT2D eigenvalue weighted by molar-refractivity contribution is 1.40. The van der Waals surface area contributed by atoms with Gasteiger partial charge in [-0.25, -0.2) is 0 Å². The second-order valence-electron chi connectivity index (χ2n) is 3.55. The zero-order valence-corrected chi connectivity index (χ0v) is 8.03. The van der Waals surface area contributed by atoms with Crippen LogP contribution in [-0.2, 0) is 0 Å². The van der Waals surface area contributed by atoms with Crippen LogP contribution >= 0.6 is 0 Å². The molecule has 0 saturated heterocycles. The lowest BCUT2D eigenvalue weighted by Crippen LogP contribution is -2.00. The molecule has 1 N–H and O–H groups in total. The van der Waals surface area contributed by atoms with Gasteiger partial charge in [0.15, 0.2) is 5.43 Å². The number of rotatable bonds is 0. The molecule has 0 bridgehead atoms. The third-order valence-corrected chi connectivity index (χ3v) is 2.65. The van der Waals surface area contributed by atoms with E-state index in [4.69, 9.17) is 0 Å². The number of H-pyrrole nitrogens is 1. The van der Waals surface area contributed by atoms with Crippen molar-refractivity contribution in [2.45, 2.75) is 0 Å². The van der Waals surface area contributed by atoms with Crippen molar-refractivity contribution in [3.8, 4) is 0 Å². The van der Waals surface area contributed by atoms with Crippen LogP contribution in [0, 0.1) is 0 Å². The van der Waals surface area contributed by atoms with E-state index in [1.807, 2.05) is 36.4 Å². The minimum Gasteiger partial charge on any atom is -0.361 e. The Hall–Kier alpha value is -2.09. The highest BCUT2D eigenvalue weighted by atomic mass is 16.1. The lowest BCUT2D eigenvalue weighted by Gasteiger charge is -2.01. The first-order valence-corrected chi connectivity index (χ1v) is 4.85. The van der Waals surface area contributed by atoms with Crippen molar-refractivity contribution < 1.29 is 0 Å². The van der Waals surface area contributed by atoms with Gasteiger partial charge < -0.3 is 4.98 Å². The summed E-state index contributed by atoms with van der Waals surface area (Å²) in [6.45, 7) is 0. The molecule has 0 fully saturated rings. The normalized spacial score (nSPS) is 10.9. The fourth-order valence-electron chi connectivity index (χ4n) is 1.95. The van der Waals surface area contributed by atoms with E-state index in [9.17, 15) is 4.79 Å². The van der Waals surface area contributed by atoms with Gasteiger partial charge in [-0.1, -0.05) is 30.3 Å². The van der Waals surface area contributed by atoms with E-state index >= 15 is 0 Å². The summed E-state index contributed by atoms with van der Waals surface area (Å²) in [4.78, 5) is 14.9. The first-order chi connectivity index (χ1) is 7.36. The summed E-state index contributed by atoms with van der Waals surface area (Å²) in [6.07, 6.45) is 1.68. The van der Waals surface area contributed by atoms with E-state index in [0.29, 0.717) is 0 Å². The monoisotopic (exact) mass is 195 g/mol. The summed E-state index contributed by atoms with van der Waals surface area (Å²) >= 11 is 0. The highest BCUT2D eigenvalue weighted by Gasteiger charge is 2.02. The highest BCUT2D eigenvalue weighted by Crippen LogP contribution is 2.20. The van der Waals surface area contributed by atoms with Crippen molar-refractivity contribution in [2.24, 2.45) is 0 Å². The number of fused-ring (bicyclic) bond motifs is 3. The van der Waals surface area contributed by atoms with Gasteiger partial charge in [0.1, 0.15) is 0 Å². The Kier molecular flexibility index (Phi) is 1.62. The first-order valence-electron chi connectivity index (χ1n) is 4.85. The summed E-state index contributed by atoms with van der Waals surface area (Å²) in [7, 11) is 0. The Morgan fingerprint density at radius 3 is 2.73 bits per heavy atom. The van der Waals surface area contributed by atoms with Crippen molar-refractivity contribution in [1.82, 2.24) is 4.98 Å². The molecule has 0 aliphatic rings. The number of aromatic nitrogens is 1. The van der Waals surface area contributed by atoms with E-state index in [1.165, 1.54) is 0 Å². The molecule has 2 heteroatoms. The summed E-state index contributed by atoms with van der Waals surface area (Å²) in [5.41, 5.74) is 0.960. The molecule has 1 heterocycles. The molecule has 0 saturated carbocycles. The molecule has 2 nitrogen and oxygen atoms in total. The van der Waals surface area contributed by atoms with Crippen molar-refractivity contribution >= 4 is 21.7 Å². The predicted octanol–water partition coefficient (Wildman–Crippen LogP) is 2.68. The Labute approximate surface area is 86.2 Å². The maximum absolute atomic E-state index is 11.8. The van der Waals surface area contributed by atoms with Gasteiger partial charge in [-0.05, 0) is 16.8 Å². The maximum Gasteiger partial charge on any atom is 0.189 e. The summed E-state index contributed by atoms with van der Waals surface area (Å²) in [5, 5.41) is 2.88. The van der Waals surface area contributed by atoms with Crippen molar-refractivity contribution in [2.75, 3.05) is 0 Å². The van der Waals surface area contributed by atoms with Crippen molar-refractivity contribution in [3.05, 3.63) is 58.9 Å². The van der Waals surface area contributed by atoms with Crippen LogP contribution in [0.3, 0.4) is 0 Å². The highest BCUT2D eigenvalue weighted by molar-refractivity contribution is 6.05. The van der Waals surface area contributed by atoms with E-state index in [2.05, 4.69) is 4.98 Å². The lowest BCUT2D eigenvalue weighted by atomic mass is 10.1. The molecule has 3 rings (SSSR count). The van der Waals surface area contributed by atoms with Gasteiger partial charge in [0.25, 0.3) is 0 Å². The minimum atomic E-state index is 0.0700. The van der Waals surface area contributed by atoms with Crippen LogP contribution in [0.5, 0.6) is 0 Å². The van der Waals surface area contributed by atoms with Crippen LogP contribution in [0.15, 0.2) is 53.5 Å². The molecule has 2 aromatic carbocycles. The second kappa shape index (κ2) is 2.95. The van der Waals surface area contributed by atoms with Gasteiger partial charge in [-0.15, -0.1) is 0 Å². The molecule has 3 aromatic rings. The molecule has 0 aliphatic carbocycles. The molecule has 0 spiro atoms.